The van der Waals surface area contributed by atoms with Crippen molar-refractivity contribution in [1.82, 2.24) is 15.4 Å². The van der Waals surface area contributed by atoms with E-state index in [0.29, 0.717) is 30.6 Å². The van der Waals surface area contributed by atoms with Gasteiger partial charge in [-0.15, -0.1) is 0 Å². The van der Waals surface area contributed by atoms with Crippen LogP contribution >= 0.6 is 11.8 Å². The van der Waals surface area contributed by atoms with Gasteiger partial charge in [-0.3, -0.25) is 15.0 Å². The summed E-state index contributed by atoms with van der Waals surface area (Å²) in [5.74, 6) is -0.521. The third-order valence-corrected chi connectivity index (χ3v) is 7.45. The molecule has 0 aromatic heterocycles. The van der Waals surface area contributed by atoms with Crippen LogP contribution in [0.3, 0.4) is 0 Å². The van der Waals surface area contributed by atoms with Crippen molar-refractivity contribution in [3.05, 3.63) is 35.4 Å². The van der Waals surface area contributed by atoms with E-state index in [2.05, 4.69) is 15.4 Å². The molecule has 11 heteroatoms. The first-order valence-corrected chi connectivity index (χ1v) is 14.1. The highest BCUT2D eigenvalue weighted by molar-refractivity contribution is 7.98. The summed E-state index contributed by atoms with van der Waals surface area (Å²) in [5.41, 5.74) is 6.88. The second-order valence-corrected chi connectivity index (χ2v) is 10.8. The molecule has 9 nitrogen and oxygen atoms in total. The number of hydrogen-bond acceptors (Lipinski definition) is 6. The van der Waals surface area contributed by atoms with E-state index in [1.165, 1.54) is 0 Å². The molecule has 0 spiro atoms. The van der Waals surface area contributed by atoms with Crippen LogP contribution in [0.2, 0.25) is 0 Å². The van der Waals surface area contributed by atoms with Crippen LogP contribution in [-0.2, 0) is 26.2 Å². The Morgan fingerprint density at radius 1 is 1.15 bits per heavy atom. The minimum atomic E-state index is -3.60. The average molecular weight is 500 g/mol. The Labute approximate surface area is 201 Å². The molecular formula is C22H37N5O4S2. The number of rotatable bonds is 15. The zero-order valence-electron chi connectivity index (χ0n) is 19.8. The summed E-state index contributed by atoms with van der Waals surface area (Å²) >= 11 is 1.55. The van der Waals surface area contributed by atoms with Crippen LogP contribution in [0.25, 0.3) is 0 Å². The molecule has 2 amide bonds. The molecule has 0 radical (unpaired) electrons. The van der Waals surface area contributed by atoms with Gasteiger partial charge in [0.1, 0.15) is 17.9 Å². The lowest BCUT2D eigenvalue weighted by atomic mass is 9.99. The quantitative estimate of drug-likeness (QED) is 0.182. The van der Waals surface area contributed by atoms with E-state index in [-0.39, 0.29) is 30.0 Å². The van der Waals surface area contributed by atoms with Crippen LogP contribution in [0.1, 0.15) is 51.2 Å². The molecular weight excluding hydrogens is 462 g/mol. The Kier molecular flexibility index (Phi) is 12.5. The number of nitrogen functional groups attached to an aromatic ring is 1. The number of amides is 2. The third kappa shape index (κ3) is 10.1. The highest BCUT2D eigenvalue weighted by Gasteiger charge is 2.31. The number of carbonyl (C=O) groups excluding carboxylic acids is 2. The van der Waals surface area contributed by atoms with Crippen LogP contribution in [0.4, 0.5) is 0 Å². The number of thioether (sulfide) groups is 1. The minimum Gasteiger partial charge on any atom is -0.384 e. The van der Waals surface area contributed by atoms with E-state index in [4.69, 9.17) is 11.1 Å². The Hall–Kier alpha value is -2.11. The van der Waals surface area contributed by atoms with Crippen molar-refractivity contribution in [3.63, 3.8) is 0 Å². The van der Waals surface area contributed by atoms with Crippen molar-refractivity contribution in [2.24, 2.45) is 11.7 Å². The fourth-order valence-corrected chi connectivity index (χ4v) is 4.92. The molecule has 0 saturated heterocycles. The number of amidine groups is 1. The van der Waals surface area contributed by atoms with Crippen molar-refractivity contribution in [3.8, 4) is 0 Å². The van der Waals surface area contributed by atoms with E-state index in [1.807, 2.05) is 13.2 Å². The maximum atomic E-state index is 13.0. The summed E-state index contributed by atoms with van der Waals surface area (Å²) in [6, 6.07) is 5.22. The lowest BCUT2D eigenvalue weighted by Crippen LogP contribution is -2.55. The molecule has 3 atom stereocenters. The van der Waals surface area contributed by atoms with E-state index in [0.717, 1.165) is 5.56 Å². The van der Waals surface area contributed by atoms with Crippen molar-refractivity contribution in [2.45, 2.75) is 58.7 Å². The predicted octanol–water partition coefficient (Wildman–Crippen LogP) is 1.57. The van der Waals surface area contributed by atoms with Crippen LogP contribution in [-0.4, -0.2) is 55.9 Å². The molecule has 0 saturated carbocycles. The first kappa shape index (κ1) is 28.9. The number of benzene rings is 1. The van der Waals surface area contributed by atoms with E-state index in [9.17, 15) is 18.0 Å². The van der Waals surface area contributed by atoms with Crippen LogP contribution in [0, 0.1) is 11.3 Å². The maximum absolute atomic E-state index is 13.0. The summed E-state index contributed by atoms with van der Waals surface area (Å²) < 4.78 is 27.1. The van der Waals surface area contributed by atoms with Gasteiger partial charge in [-0.05, 0) is 36.3 Å². The Morgan fingerprint density at radius 3 is 2.30 bits per heavy atom. The van der Waals surface area contributed by atoms with Crippen molar-refractivity contribution >= 4 is 39.4 Å². The van der Waals surface area contributed by atoms with Gasteiger partial charge in [0.2, 0.25) is 21.8 Å². The van der Waals surface area contributed by atoms with E-state index >= 15 is 0 Å². The molecule has 1 unspecified atom stereocenters. The summed E-state index contributed by atoms with van der Waals surface area (Å²) in [6.07, 6.45) is 3.37. The fourth-order valence-electron chi connectivity index (χ4n) is 3.07. The summed E-state index contributed by atoms with van der Waals surface area (Å²) in [4.78, 5) is 25.9. The van der Waals surface area contributed by atoms with Gasteiger partial charge >= 0.3 is 0 Å². The second kappa shape index (κ2) is 14.2. The summed E-state index contributed by atoms with van der Waals surface area (Å²) in [6.45, 7) is 5.70. The Morgan fingerprint density at radius 2 is 1.79 bits per heavy atom. The molecule has 1 rings (SSSR count). The Bertz CT molecular complexity index is 891. The Balaban J connectivity index is 2.90. The van der Waals surface area contributed by atoms with Gasteiger partial charge in [-0.1, -0.05) is 51.5 Å². The molecule has 0 aliphatic heterocycles. The highest BCUT2D eigenvalue weighted by atomic mass is 32.2. The molecule has 0 fully saturated rings. The molecule has 0 aliphatic rings. The van der Waals surface area contributed by atoms with Gasteiger partial charge in [0, 0.05) is 12.1 Å². The monoisotopic (exact) mass is 499 g/mol. The SMILES string of the molecule is CCCS(=O)(=O)N[C@@H](C(=O)N[C@H](CCSC)C(=O)NCc1ccc(C(=N)N)cc1)C(C)CC. The summed E-state index contributed by atoms with van der Waals surface area (Å²) in [5, 5.41) is 13.0. The standard InChI is InChI=1S/C22H37N5O4S2/c1-5-13-33(30,31)27-19(15(3)6-2)22(29)26-18(11-12-32-4)21(28)25-14-16-7-9-17(10-8-16)20(23)24/h7-10,15,18-19,27H,5-6,11-14H2,1-4H3,(H3,23,24)(H,25,28)(H,26,29)/t15?,18-,19-/m1/s1. The fraction of sp³-hybridized carbons (Fsp3) is 0.591. The molecule has 0 heterocycles. The highest BCUT2D eigenvalue weighted by Crippen LogP contribution is 2.12. The van der Waals surface area contributed by atoms with Crippen molar-refractivity contribution in [1.29, 1.82) is 5.41 Å². The van der Waals surface area contributed by atoms with Gasteiger partial charge in [0.25, 0.3) is 0 Å². The number of carbonyl (C=O) groups is 2. The molecule has 6 N–H and O–H groups in total. The zero-order chi connectivity index (χ0) is 25.0. The van der Waals surface area contributed by atoms with Gasteiger partial charge in [0.15, 0.2) is 0 Å². The topological polar surface area (TPSA) is 154 Å². The normalized spacial score (nSPS) is 14.2. The van der Waals surface area contributed by atoms with E-state index < -0.39 is 28.0 Å². The molecule has 33 heavy (non-hydrogen) atoms. The van der Waals surface area contributed by atoms with Gasteiger partial charge in [-0.25, -0.2) is 13.1 Å². The number of nitrogens with one attached hydrogen (secondary N) is 4. The van der Waals surface area contributed by atoms with Gasteiger partial charge in [-0.2, -0.15) is 11.8 Å². The van der Waals surface area contributed by atoms with Crippen molar-refractivity contribution in [2.75, 3.05) is 17.8 Å². The lowest BCUT2D eigenvalue weighted by Gasteiger charge is -2.26. The minimum absolute atomic E-state index is 0.0316. The first-order valence-electron chi connectivity index (χ1n) is 11.0. The van der Waals surface area contributed by atoms with Crippen LogP contribution < -0.4 is 21.1 Å². The largest absolute Gasteiger partial charge is 0.384 e. The molecule has 186 valence electrons. The number of nitrogens with two attached hydrogens (primary N) is 1. The van der Waals surface area contributed by atoms with Crippen LogP contribution in [0.5, 0.6) is 0 Å². The predicted molar refractivity (Wildman–Crippen MR) is 135 cm³/mol. The second-order valence-electron chi connectivity index (χ2n) is 7.97. The van der Waals surface area contributed by atoms with Gasteiger partial charge < -0.3 is 16.4 Å². The number of sulfonamides is 1. The smallest absolute Gasteiger partial charge is 0.242 e. The van der Waals surface area contributed by atoms with E-state index in [1.54, 1.807) is 49.9 Å². The molecule has 1 aromatic carbocycles. The maximum Gasteiger partial charge on any atom is 0.242 e. The van der Waals surface area contributed by atoms with Gasteiger partial charge in [0.05, 0.1) is 5.75 Å². The molecule has 0 aliphatic carbocycles. The molecule has 1 aromatic rings. The number of hydrogen-bond donors (Lipinski definition) is 5. The first-order chi connectivity index (χ1) is 15.5. The zero-order valence-corrected chi connectivity index (χ0v) is 21.4. The summed E-state index contributed by atoms with van der Waals surface area (Å²) in [7, 11) is -3.60. The lowest BCUT2D eigenvalue weighted by molar-refractivity contribution is -0.130. The average Bonchev–Trinajstić information content (AvgIpc) is 2.78. The van der Waals surface area contributed by atoms with Crippen molar-refractivity contribution < 1.29 is 18.0 Å². The molecule has 0 bridgehead atoms. The van der Waals surface area contributed by atoms with Crippen LogP contribution in [0.15, 0.2) is 24.3 Å². The third-order valence-electron chi connectivity index (χ3n) is 5.25.